The van der Waals surface area contributed by atoms with E-state index in [1.54, 1.807) is 18.2 Å². The van der Waals surface area contributed by atoms with Gasteiger partial charge in [0.2, 0.25) is 0 Å². The van der Waals surface area contributed by atoms with Gasteiger partial charge >= 0.3 is 5.97 Å². The molecular formula is C18H18ClNO3S. The molecule has 0 bridgehead atoms. The summed E-state index contributed by atoms with van der Waals surface area (Å²) in [6.07, 6.45) is 2.31. The number of ether oxygens (including phenoxy) is 1. The third-order valence-corrected chi connectivity index (χ3v) is 5.35. The van der Waals surface area contributed by atoms with Crippen molar-refractivity contribution in [2.45, 2.75) is 25.8 Å². The molecule has 4 nitrogen and oxygen atoms in total. The maximum atomic E-state index is 12.1. The number of rotatable bonds is 6. The van der Waals surface area contributed by atoms with E-state index in [2.05, 4.69) is 5.32 Å². The average Bonchev–Trinajstić information content (AvgIpc) is 3.31. The number of nitrogens with one attached hydrogen (secondary N) is 1. The molecule has 126 valence electrons. The summed E-state index contributed by atoms with van der Waals surface area (Å²) in [4.78, 5) is 25.3. The lowest BCUT2D eigenvalue weighted by Crippen LogP contribution is -2.37. The summed E-state index contributed by atoms with van der Waals surface area (Å²) in [6.45, 7) is 1.74. The van der Waals surface area contributed by atoms with E-state index in [9.17, 15) is 9.59 Å². The molecule has 1 aromatic carbocycles. The molecule has 1 aliphatic rings. The van der Waals surface area contributed by atoms with Crippen LogP contribution in [0.3, 0.4) is 0 Å². The van der Waals surface area contributed by atoms with E-state index >= 15 is 0 Å². The Balaban J connectivity index is 1.53. The van der Waals surface area contributed by atoms with Crippen molar-refractivity contribution in [2.75, 3.05) is 6.61 Å². The summed E-state index contributed by atoms with van der Waals surface area (Å²) < 4.78 is 5.10. The third kappa shape index (κ3) is 4.36. The van der Waals surface area contributed by atoms with Gasteiger partial charge in [-0.3, -0.25) is 4.79 Å². The second-order valence-electron chi connectivity index (χ2n) is 5.94. The van der Waals surface area contributed by atoms with Crippen molar-refractivity contribution in [3.05, 3.63) is 46.3 Å². The predicted octanol–water partition coefficient (Wildman–Crippen LogP) is 4.14. The smallest absolute Gasteiger partial charge is 0.348 e. The van der Waals surface area contributed by atoms with Gasteiger partial charge in [-0.1, -0.05) is 23.7 Å². The van der Waals surface area contributed by atoms with Gasteiger partial charge in [0.25, 0.3) is 5.91 Å². The number of thiophene rings is 1. The van der Waals surface area contributed by atoms with E-state index < -0.39 is 5.97 Å². The number of carbonyl (C=O) groups is 2. The maximum Gasteiger partial charge on any atom is 0.348 e. The molecule has 3 rings (SSSR count). The Morgan fingerprint density at radius 1 is 1.25 bits per heavy atom. The fraction of sp³-hybridized carbons (Fsp3) is 0.333. The van der Waals surface area contributed by atoms with Gasteiger partial charge in [-0.25, -0.2) is 4.79 Å². The molecule has 1 aliphatic carbocycles. The molecule has 1 atom stereocenters. The highest BCUT2D eigenvalue weighted by Gasteiger charge is 2.29. The standard InChI is InChI=1S/C18H18ClNO3S/c1-11(12-2-3-12)20-17(21)10-23-18(22)16-9-8-15(24-16)13-4-6-14(19)7-5-13/h4-9,11-12H,2-3,10H2,1H3,(H,20,21)/t11-/m0/s1. The summed E-state index contributed by atoms with van der Waals surface area (Å²) >= 11 is 7.21. The number of carbonyl (C=O) groups excluding carboxylic acids is 2. The Labute approximate surface area is 149 Å². The summed E-state index contributed by atoms with van der Waals surface area (Å²) in [5.41, 5.74) is 0.986. The van der Waals surface area contributed by atoms with E-state index in [1.165, 1.54) is 11.3 Å². The Morgan fingerprint density at radius 2 is 1.96 bits per heavy atom. The Morgan fingerprint density at radius 3 is 2.62 bits per heavy atom. The van der Waals surface area contributed by atoms with Crippen molar-refractivity contribution in [1.29, 1.82) is 0 Å². The van der Waals surface area contributed by atoms with Gasteiger partial charge in [0.1, 0.15) is 4.88 Å². The van der Waals surface area contributed by atoms with Crippen molar-refractivity contribution in [2.24, 2.45) is 5.92 Å². The minimum atomic E-state index is -0.477. The minimum Gasteiger partial charge on any atom is -0.451 e. The van der Waals surface area contributed by atoms with Crippen molar-refractivity contribution < 1.29 is 14.3 Å². The third-order valence-electron chi connectivity index (χ3n) is 3.99. The molecule has 1 heterocycles. The van der Waals surface area contributed by atoms with Crippen LogP contribution in [0.25, 0.3) is 10.4 Å². The second-order valence-corrected chi connectivity index (χ2v) is 7.46. The highest BCUT2D eigenvalue weighted by Crippen LogP contribution is 2.32. The zero-order valence-electron chi connectivity index (χ0n) is 13.3. The van der Waals surface area contributed by atoms with Crippen molar-refractivity contribution in [3.8, 4) is 10.4 Å². The van der Waals surface area contributed by atoms with Crippen molar-refractivity contribution in [1.82, 2.24) is 5.32 Å². The summed E-state index contributed by atoms with van der Waals surface area (Å²) in [7, 11) is 0. The fourth-order valence-electron chi connectivity index (χ4n) is 2.43. The lowest BCUT2D eigenvalue weighted by atomic mass is 10.2. The molecule has 0 aliphatic heterocycles. The largest absolute Gasteiger partial charge is 0.451 e. The summed E-state index contributed by atoms with van der Waals surface area (Å²) in [5, 5.41) is 3.53. The molecule has 6 heteroatoms. The monoisotopic (exact) mass is 363 g/mol. The molecule has 24 heavy (non-hydrogen) atoms. The first kappa shape index (κ1) is 17.0. The van der Waals surface area contributed by atoms with Crippen LogP contribution in [0.2, 0.25) is 5.02 Å². The number of hydrogen-bond donors (Lipinski definition) is 1. The van der Waals surface area contributed by atoms with Gasteiger partial charge in [-0.15, -0.1) is 11.3 Å². The molecule has 0 radical (unpaired) electrons. The van der Waals surface area contributed by atoms with Crippen LogP contribution < -0.4 is 5.32 Å². The summed E-state index contributed by atoms with van der Waals surface area (Å²) in [5.74, 6) is -0.157. The van der Waals surface area contributed by atoms with Gasteiger partial charge in [0, 0.05) is 15.9 Å². The van der Waals surface area contributed by atoms with E-state index in [4.69, 9.17) is 16.3 Å². The fourth-order valence-corrected chi connectivity index (χ4v) is 3.46. The zero-order valence-corrected chi connectivity index (χ0v) is 14.8. The Kier molecular flexibility index (Phi) is 5.21. The summed E-state index contributed by atoms with van der Waals surface area (Å²) in [6, 6.07) is 11.1. The van der Waals surface area contributed by atoms with Gasteiger partial charge in [0.15, 0.2) is 6.61 Å². The molecule has 0 saturated heterocycles. The highest BCUT2D eigenvalue weighted by molar-refractivity contribution is 7.17. The molecular weight excluding hydrogens is 346 g/mol. The predicted molar refractivity (Wildman–Crippen MR) is 95.4 cm³/mol. The molecule has 1 aromatic heterocycles. The molecule has 0 spiro atoms. The minimum absolute atomic E-state index is 0.148. The van der Waals surface area contributed by atoms with Gasteiger partial charge in [-0.2, -0.15) is 0 Å². The number of halogens is 1. The quantitative estimate of drug-likeness (QED) is 0.785. The van der Waals surface area contributed by atoms with E-state index in [0.717, 1.165) is 23.3 Å². The van der Waals surface area contributed by atoms with Crippen LogP contribution in [0, 0.1) is 5.92 Å². The lowest BCUT2D eigenvalue weighted by molar-refractivity contribution is -0.124. The maximum absolute atomic E-state index is 12.1. The van der Waals surface area contributed by atoms with Crippen LogP contribution in [-0.2, 0) is 9.53 Å². The molecule has 1 amide bonds. The Hall–Kier alpha value is -1.85. The van der Waals surface area contributed by atoms with Crippen LogP contribution in [0.4, 0.5) is 0 Å². The Bertz CT molecular complexity index is 737. The molecule has 0 unspecified atom stereocenters. The molecule has 1 saturated carbocycles. The van der Waals surface area contributed by atoms with Crippen LogP contribution in [0.5, 0.6) is 0 Å². The van der Waals surface area contributed by atoms with Gasteiger partial charge in [-0.05, 0) is 55.5 Å². The number of benzene rings is 1. The van der Waals surface area contributed by atoms with Crippen LogP contribution in [0.1, 0.15) is 29.4 Å². The molecule has 1 fully saturated rings. The van der Waals surface area contributed by atoms with Crippen LogP contribution in [0.15, 0.2) is 36.4 Å². The molecule has 2 aromatic rings. The average molecular weight is 364 g/mol. The van der Waals surface area contributed by atoms with E-state index in [1.807, 2.05) is 25.1 Å². The first-order chi connectivity index (χ1) is 11.5. The normalized spacial score (nSPS) is 14.9. The number of hydrogen-bond acceptors (Lipinski definition) is 4. The van der Waals surface area contributed by atoms with Gasteiger partial charge < -0.3 is 10.1 Å². The topological polar surface area (TPSA) is 55.4 Å². The van der Waals surface area contributed by atoms with E-state index in [0.29, 0.717) is 15.8 Å². The van der Waals surface area contributed by atoms with Crippen LogP contribution in [-0.4, -0.2) is 24.5 Å². The van der Waals surface area contributed by atoms with Crippen molar-refractivity contribution in [3.63, 3.8) is 0 Å². The zero-order chi connectivity index (χ0) is 17.1. The first-order valence-corrected chi connectivity index (χ1v) is 9.04. The van der Waals surface area contributed by atoms with Crippen molar-refractivity contribution >= 4 is 34.8 Å². The molecule has 1 N–H and O–H groups in total. The number of amides is 1. The van der Waals surface area contributed by atoms with Crippen LogP contribution >= 0.6 is 22.9 Å². The second kappa shape index (κ2) is 7.36. The van der Waals surface area contributed by atoms with E-state index in [-0.39, 0.29) is 18.6 Å². The highest BCUT2D eigenvalue weighted by atomic mass is 35.5. The first-order valence-electron chi connectivity index (χ1n) is 7.85. The number of esters is 1. The lowest BCUT2D eigenvalue weighted by Gasteiger charge is -2.12. The van der Waals surface area contributed by atoms with Gasteiger partial charge in [0.05, 0.1) is 0 Å². The SMILES string of the molecule is C[C@H](NC(=O)COC(=O)c1ccc(-c2ccc(Cl)cc2)s1)C1CC1.